The van der Waals surface area contributed by atoms with Crippen LogP contribution in [0.1, 0.15) is 33.4 Å². The normalized spacial score (nSPS) is 17.9. The smallest absolute Gasteiger partial charge is 0.163 e. The second-order valence-electron chi connectivity index (χ2n) is 7.20. The van der Waals surface area contributed by atoms with E-state index in [0.29, 0.717) is 5.56 Å². The first kappa shape index (κ1) is 18.2. The van der Waals surface area contributed by atoms with Crippen molar-refractivity contribution in [1.82, 2.24) is 4.98 Å². The third kappa shape index (κ3) is 2.52. The highest BCUT2D eigenvalue weighted by Crippen LogP contribution is 2.47. The number of amidine groups is 1. The van der Waals surface area contributed by atoms with Gasteiger partial charge in [-0.2, -0.15) is 0 Å². The number of ether oxygens (including phenoxy) is 1. The molecule has 0 saturated heterocycles. The Kier molecular flexibility index (Phi) is 4.22. The summed E-state index contributed by atoms with van der Waals surface area (Å²) in [6, 6.07) is 13.0. The molecule has 1 unspecified atom stereocenters. The average Bonchev–Trinajstić information content (AvgIpc) is 2.96. The number of pyridine rings is 1. The molecule has 0 spiro atoms. The van der Waals surface area contributed by atoms with Crippen LogP contribution >= 0.6 is 0 Å². The molecule has 1 aliphatic rings. The second-order valence-corrected chi connectivity index (χ2v) is 7.20. The van der Waals surface area contributed by atoms with Crippen LogP contribution in [0.25, 0.3) is 0 Å². The maximum absolute atomic E-state index is 14.7. The topological polar surface area (TPSA) is 60.5 Å². The number of aryl methyl sites for hydroxylation is 2. The number of methoxy groups -OCH3 is 1. The van der Waals surface area contributed by atoms with Crippen molar-refractivity contribution in [3.05, 3.63) is 87.9 Å². The van der Waals surface area contributed by atoms with Crippen molar-refractivity contribution in [3.63, 3.8) is 0 Å². The zero-order valence-corrected chi connectivity index (χ0v) is 16.4. The summed E-state index contributed by atoms with van der Waals surface area (Å²) in [5.74, 6) is 0.668. The van der Waals surface area contributed by atoms with E-state index in [1.54, 1.807) is 19.4 Å². The molecule has 2 N–H and O–H groups in total. The Bertz CT molecular complexity index is 1110. The summed E-state index contributed by atoms with van der Waals surface area (Å²) >= 11 is 0. The van der Waals surface area contributed by atoms with Crippen LogP contribution in [0.3, 0.4) is 0 Å². The molecule has 6 heteroatoms. The fourth-order valence-corrected chi connectivity index (χ4v) is 4.24. The monoisotopic (exact) mass is 373 g/mol. The van der Waals surface area contributed by atoms with Crippen molar-refractivity contribution < 1.29 is 9.13 Å². The summed E-state index contributed by atoms with van der Waals surface area (Å²) in [5, 5.41) is 0. The highest BCUT2D eigenvalue weighted by molar-refractivity contribution is 6.30. The molecule has 4 nitrogen and oxygen atoms in total. The molecule has 0 saturated carbocycles. The number of rotatable bonds is 3. The molecular formula is C22H21BFN3O. The molecule has 2 heterocycles. The van der Waals surface area contributed by atoms with Gasteiger partial charge in [0, 0.05) is 11.8 Å². The molecule has 0 fully saturated rings. The fourth-order valence-electron chi connectivity index (χ4n) is 4.24. The predicted octanol–water partition coefficient (Wildman–Crippen LogP) is 2.12. The number of halogens is 1. The van der Waals surface area contributed by atoms with Crippen molar-refractivity contribution in [1.29, 1.82) is 0 Å². The van der Waals surface area contributed by atoms with Crippen LogP contribution in [-0.2, 0) is 5.54 Å². The van der Waals surface area contributed by atoms with E-state index in [0.717, 1.165) is 39.2 Å². The molecule has 0 aliphatic carbocycles. The number of fused-ring (bicyclic) bond motifs is 1. The molecule has 1 aromatic heterocycles. The predicted molar refractivity (Wildman–Crippen MR) is 112 cm³/mol. The number of hydrogen-bond donors (Lipinski definition) is 1. The number of aromatic nitrogens is 1. The molecule has 0 radical (unpaired) electrons. The molecular weight excluding hydrogens is 352 g/mol. The standard InChI is InChI=1S/C22H21BFN3O/c1-12-9-15(10-13(2)20(12)28-3)22(14-7-8-26-18(23)11-14)16-5-4-6-17(24)19(16)21(25)27-22/h4-11H,23H2,1-3H3,(H2,25,27). The number of nitrogens with two attached hydrogens (primary N) is 1. The van der Waals surface area contributed by atoms with Crippen LogP contribution in [0.2, 0.25) is 0 Å². The van der Waals surface area contributed by atoms with Gasteiger partial charge in [-0.1, -0.05) is 12.1 Å². The van der Waals surface area contributed by atoms with Gasteiger partial charge in [-0.15, -0.1) is 0 Å². The molecule has 0 amide bonds. The quantitative estimate of drug-likeness (QED) is 0.716. The van der Waals surface area contributed by atoms with Crippen molar-refractivity contribution in [2.45, 2.75) is 19.4 Å². The van der Waals surface area contributed by atoms with Gasteiger partial charge in [0.05, 0.1) is 12.7 Å². The van der Waals surface area contributed by atoms with Crippen molar-refractivity contribution >= 4 is 19.3 Å². The number of hydrogen-bond acceptors (Lipinski definition) is 4. The Hall–Kier alpha value is -3.15. The zero-order chi connectivity index (χ0) is 20.1. The molecule has 2 aromatic carbocycles. The Morgan fingerprint density at radius 2 is 1.79 bits per heavy atom. The zero-order valence-electron chi connectivity index (χ0n) is 16.4. The van der Waals surface area contributed by atoms with Gasteiger partial charge >= 0.3 is 0 Å². The van der Waals surface area contributed by atoms with Crippen molar-refractivity contribution in [2.24, 2.45) is 10.7 Å². The SMILES string of the molecule is Bc1cc(C2(c3cc(C)c(OC)c(C)c3)N=C(N)c3c(F)cccc32)ccn1. The third-order valence-corrected chi connectivity index (χ3v) is 5.34. The molecule has 4 rings (SSSR count). The first-order chi connectivity index (χ1) is 13.4. The summed E-state index contributed by atoms with van der Waals surface area (Å²) in [4.78, 5) is 9.17. The van der Waals surface area contributed by atoms with Gasteiger partial charge in [0.1, 0.15) is 22.9 Å². The van der Waals surface area contributed by atoms with Gasteiger partial charge in [-0.3, -0.25) is 4.98 Å². The highest BCUT2D eigenvalue weighted by Gasteiger charge is 2.44. The molecule has 1 aliphatic heterocycles. The van der Waals surface area contributed by atoms with Crippen molar-refractivity contribution in [2.75, 3.05) is 7.11 Å². The van der Waals surface area contributed by atoms with Gasteiger partial charge < -0.3 is 10.5 Å². The number of nitrogens with zero attached hydrogens (tertiary/aromatic N) is 2. The van der Waals surface area contributed by atoms with Crippen LogP contribution in [0.4, 0.5) is 4.39 Å². The van der Waals surface area contributed by atoms with Crippen LogP contribution < -0.4 is 16.1 Å². The minimum absolute atomic E-state index is 0.202. The van der Waals surface area contributed by atoms with E-state index in [4.69, 9.17) is 15.5 Å². The van der Waals surface area contributed by atoms with Crippen LogP contribution in [0.5, 0.6) is 5.75 Å². The lowest BCUT2D eigenvalue weighted by Gasteiger charge is -2.30. The van der Waals surface area contributed by atoms with E-state index in [2.05, 4.69) is 4.98 Å². The Morgan fingerprint density at radius 1 is 1.07 bits per heavy atom. The van der Waals surface area contributed by atoms with Gasteiger partial charge in [0.25, 0.3) is 0 Å². The Labute approximate surface area is 164 Å². The van der Waals surface area contributed by atoms with E-state index in [9.17, 15) is 4.39 Å². The molecule has 1 atom stereocenters. The van der Waals surface area contributed by atoms with E-state index in [1.807, 2.05) is 52.0 Å². The first-order valence-corrected chi connectivity index (χ1v) is 9.12. The lowest BCUT2D eigenvalue weighted by Crippen LogP contribution is -2.28. The molecule has 28 heavy (non-hydrogen) atoms. The first-order valence-electron chi connectivity index (χ1n) is 9.12. The van der Waals surface area contributed by atoms with Crippen molar-refractivity contribution in [3.8, 4) is 5.75 Å². The van der Waals surface area contributed by atoms with E-state index in [1.165, 1.54) is 6.07 Å². The maximum Gasteiger partial charge on any atom is 0.163 e. The summed E-state index contributed by atoms with van der Waals surface area (Å²) in [7, 11) is 3.59. The third-order valence-electron chi connectivity index (χ3n) is 5.34. The molecule has 0 bridgehead atoms. The van der Waals surface area contributed by atoms with Crippen LogP contribution in [-0.4, -0.2) is 25.8 Å². The van der Waals surface area contributed by atoms with E-state index in [-0.39, 0.29) is 11.7 Å². The van der Waals surface area contributed by atoms with E-state index >= 15 is 0 Å². The summed E-state index contributed by atoms with van der Waals surface area (Å²) in [5.41, 5.74) is 11.1. The van der Waals surface area contributed by atoms with Gasteiger partial charge in [-0.25, -0.2) is 9.38 Å². The van der Waals surface area contributed by atoms with Gasteiger partial charge in [0.2, 0.25) is 0 Å². The lowest BCUT2D eigenvalue weighted by molar-refractivity contribution is 0.408. The molecule has 140 valence electrons. The molecule has 3 aromatic rings. The maximum atomic E-state index is 14.7. The fraction of sp³-hybridized carbons (Fsp3) is 0.182. The Balaban J connectivity index is 2.12. The second kappa shape index (κ2) is 6.48. The van der Waals surface area contributed by atoms with Crippen LogP contribution in [0.15, 0.2) is 53.7 Å². The summed E-state index contributed by atoms with van der Waals surface area (Å²) < 4.78 is 20.2. The highest BCUT2D eigenvalue weighted by atomic mass is 19.1. The van der Waals surface area contributed by atoms with E-state index < -0.39 is 5.54 Å². The van der Waals surface area contributed by atoms with Gasteiger partial charge in [0.15, 0.2) is 7.85 Å². The largest absolute Gasteiger partial charge is 0.496 e. The van der Waals surface area contributed by atoms with Crippen LogP contribution in [0, 0.1) is 19.7 Å². The average molecular weight is 373 g/mol. The summed E-state index contributed by atoms with van der Waals surface area (Å²) in [6.07, 6.45) is 1.75. The van der Waals surface area contributed by atoms with Gasteiger partial charge in [-0.05, 0) is 72.0 Å². The minimum Gasteiger partial charge on any atom is -0.496 e. The minimum atomic E-state index is -0.934. The number of benzene rings is 2. The lowest BCUT2D eigenvalue weighted by atomic mass is 9.76. The Morgan fingerprint density at radius 3 is 2.43 bits per heavy atom. The number of aliphatic imine (C=N–C) groups is 1. The summed E-state index contributed by atoms with van der Waals surface area (Å²) in [6.45, 7) is 3.99.